The van der Waals surface area contributed by atoms with E-state index in [1.807, 2.05) is 20.8 Å². The summed E-state index contributed by atoms with van der Waals surface area (Å²) in [6, 6.07) is 3.52. The monoisotopic (exact) mass is 291 g/mol. The van der Waals surface area contributed by atoms with E-state index in [2.05, 4.69) is 10.3 Å². The minimum absolute atomic E-state index is 0.104. The summed E-state index contributed by atoms with van der Waals surface area (Å²) in [7, 11) is 0. The lowest BCUT2D eigenvalue weighted by atomic mass is 9.90. The summed E-state index contributed by atoms with van der Waals surface area (Å²) >= 11 is 0. The summed E-state index contributed by atoms with van der Waals surface area (Å²) in [5, 5.41) is 12.6. The number of aromatic carboxylic acids is 1. The van der Waals surface area contributed by atoms with Crippen LogP contribution < -0.4 is 11.1 Å². The number of nitrogens with one attached hydrogen (secondary N) is 1. The number of carboxylic acid groups (broad SMARTS) is 1. The van der Waals surface area contributed by atoms with E-state index in [4.69, 9.17) is 5.73 Å². The number of nitrogens with zero attached hydrogens (tertiary/aromatic N) is 1. The molecule has 1 fully saturated rings. The highest BCUT2D eigenvalue weighted by Gasteiger charge is 2.24. The van der Waals surface area contributed by atoms with Crippen molar-refractivity contribution in [2.75, 3.05) is 5.32 Å². The van der Waals surface area contributed by atoms with Gasteiger partial charge in [-0.15, -0.1) is 0 Å². The van der Waals surface area contributed by atoms with Gasteiger partial charge in [0.2, 0.25) is 0 Å². The SMILES string of the molecule is CC(C)(C)c1cc(C(=O)O)cc(NC2CCCCC2N)n1. The van der Waals surface area contributed by atoms with E-state index >= 15 is 0 Å². The first-order chi connectivity index (χ1) is 9.77. The lowest BCUT2D eigenvalue weighted by Crippen LogP contribution is -2.42. The number of pyridine rings is 1. The quantitative estimate of drug-likeness (QED) is 0.797. The molecule has 2 unspecified atom stereocenters. The predicted octanol–water partition coefficient (Wildman–Crippen LogP) is 2.76. The summed E-state index contributed by atoms with van der Waals surface area (Å²) in [4.78, 5) is 15.9. The Labute approximate surface area is 126 Å². The lowest BCUT2D eigenvalue weighted by molar-refractivity contribution is 0.0696. The van der Waals surface area contributed by atoms with Gasteiger partial charge in [0.05, 0.1) is 5.56 Å². The molecular formula is C16H25N3O2. The molecule has 0 radical (unpaired) electrons. The third-order valence-electron chi connectivity index (χ3n) is 3.99. The third kappa shape index (κ3) is 3.94. The van der Waals surface area contributed by atoms with Crippen LogP contribution in [0.1, 0.15) is 62.5 Å². The van der Waals surface area contributed by atoms with E-state index < -0.39 is 5.97 Å². The molecular weight excluding hydrogens is 266 g/mol. The second-order valence-electron chi connectivity index (χ2n) is 6.88. The van der Waals surface area contributed by atoms with Crippen molar-refractivity contribution in [2.45, 2.75) is 64.0 Å². The molecule has 1 saturated carbocycles. The van der Waals surface area contributed by atoms with E-state index in [1.165, 1.54) is 0 Å². The van der Waals surface area contributed by atoms with Crippen molar-refractivity contribution in [1.29, 1.82) is 0 Å². The summed E-state index contributed by atoms with van der Waals surface area (Å²) in [5.74, 6) is -0.318. The molecule has 5 nitrogen and oxygen atoms in total. The van der Waals surface area contributed by atoms with Gasteiger partial charge in [0, 0.05) is 23.2 Å². The van der Waals surface area contributed by atoms with Crippen LogP contribution in [0.15, 0.2) is 12.1 Å². The average molecular weight is 291 g/mol. The molecule has 1 heterocycles. The van der Waals surface area contributed by atoms with Gasteiger partial charge in [0.1, 0.15) is 5.82 Å². The van der Waals surface area contributed by atoms with Crippen LogP contribution in [0.25, 0.3) is 0 Å². The fourth-order valence-corrected chi connectivity index (χ4v) is 2.64. The minimum Gasteiger partial charge on any atom is -0.478 e. The van der Waals surface area contributed by atoms with Gasteiger partial charge < -0.3 is 16.2 Å². The fraction of sp³-hybridized carbons (Fsp3) is 0.625. The lowest BCUT2D eigenvalue weighted by Gasteiger charge is -2.30. The zero-order chi connectivity index (χ0) is 15.6. The van der Waals surface area contributed by atoms with Gasteiger partial charge in [0.15, 0.2) is 0 Å². The molecule has 4 N–H and O–H groups in total. The molecule has 2 atom stereocenters. The van der Waals surface area contributed by atoms with Gasteiger partial charge in [-0.1, -0.05) is 33.6 Å². The molecule has 1 aromatic rings. The topological polar surface area (TPSA) is 88.2 Å². The Morgan fingerprint density at radius 2 is 2.00 bits per heavy atom. The van der Waals surface area contributed by atoms with Crippen LogP contribution in [0.4, 0.5) is 5.82 Å². The molecule has 0 bridgehead atoms. The first-order valence-corrected chi connectivity index (χ1v) is 7.55. The maximum Gasteiger partial charge on any atom is 0.335 e. The fourth-order valence-electron chi connectivity index (χ4n) is 2.64. The van der Waals surface area contributed by atoms with Crippen LogP contribution in [-0.2, 0) is 5.41 Å². The van der Waals surface area contributed by atoms with Gasteiger partial charge in [0.25, 0.3) is 0 Å². The zero-order valence-corrected chi connectivity index (χ0v) is 13.0. The van der Waals surface area contributed by atoms with Gasteiger partial charge in [-0.05, 0) is 25.0 Å². The van der Waals surface area contributed by atoms with Gasteiger partial charge >= 0.3 is 5.97 Å². The highest BCUT2D eigenvalue weighted by molar-refractivity contribution is 5.88. The van der Waals surface area contributed by atoms with Gasteiger partial charge in [-0.3, -0.25) is 0 Å². The van der Waals surface area contributed by atoms with Gasteiger partial charge in [-0.25, -0.2) is 9.78 Å². The van der Waals surface area contributed by atoms with Crippen molar-refractivity contribution in [3.8, 4) is 0 Å². The molecule has 1 aliphatic carbocycles. The number of carbonyl (C=O) groups is 1. The van der Waals surface area contributed by atoms with Crippen molar-refractivity contribution in [2.24, 2.45) is 5.73 Å². The van der Waals surface area contributed by atoms with E-state index in [9.17, 15) is 9.90 Å². The van der Waals surface area contributed by atoms with Gasteiger partial charge in [-0.2, -0.15) is 0 Å². The number of nitrogens with two attached hydrogens (primary N) is 1. The van der Waals surface area contributed by atoms with Crippen LogP contribution in [0.5, 0.6) is 0 Å². The molecule has 1 aromatic heterocycles. The Balaban J connectivity index is 2.29. The van der Waals surface area contributed by atoms with Crippen molar-refractivity contribution in [1.82, 2.24) is 4.98 Å². The number of carboxylic acids is 1. The van der Waals surface area contributed by atoms with Crippen molar-refractivity contribution >= 4 is 11.8 Å². The Morgan fingerprint density at radius 3 is 2.57 bits per heavy atom. The largest absolute Gasteiger partial charge is 0.478 e. The van der Waals surface area contributed by atoms with E-state index in [1.54, 1.807) is 12.1 Å². The highest BCUT2D eigenvalue weighted by Crippen LogP contribution is 2.25. The summed E-state index contributed by atoms with van der Waals surface area (Å²) in [6.45, 7) is 6.07. The minimum atomic E-state index is -0.932. The molecule has 0 aromatic carbocycles. The maximum absolute atomic E-state index is 11.3. The number of hydrogen-bond acceptors (Lipinski definition) is 4. The van der Waals surface area contributed by atoms with Crippen molar-refractivity contribution < 1.29 is 9.90 Å². The van der Waals surface area contributed by atoms with E-state index in [0.717, 1.165) is 31.4 Å². The normalized spacial score (nSPS) is 22.9. The molecule has 0 aliphatic heterocycles. The Morgan fingerprint density at radius 1 is 1.33 bits per heavy atom. The highest BCUT2D eigenvalue weighted by atomic mass is 16.4. The molecule has 21 heavy (non-hydrogen) atoms. The van der Waals surface area contributed by atoms with E-state index in [0.29, 0.717) is 5.82 Å². The number of hydrogen-bond donors (Lipinski definition) is 3. The van der Waals surface area contributed by atoms with Crippen molar-refractivity contribution in [3.63, 3.8) is 0 Å². The van der Waals surface area contributed by atoms with Crippen LogP contribution in [0, 0.1) is 0 Å². The van der Waals surface area contributed by atoms with E-state index in [-0.39, 0.29) is 23.1 Å². The van der Waals surface area contributed by atoms with Crippen molar-refractivity contribution in [3.05, 3.63) is 23.4 Å². The molecule has 2 rings (SSSR count). The van der Waals surface area contributed by atoms with Crippen LogP contribution in [0.2, 0.25) is 0 Å². The molecule has 0 amide bonds. The number of aromatic nitrogens is 1. The standard InChI is InChI=1S/C16H25N3O2/c1-16(2,3)13-8-10(15(20)21)9-14(19-13)18-12-7-5-4-6-11(12)17/h8-9,11-12H,4-7,17H2,1-3H3,(H,18,19)(H,20,21). The smallest absolute Gasteiger partial charge is 0.335 e. The third-order valence-corrected chi connectivity index (χ3v) is 3.99. The molecule has 1 aliphatic rings. The Bertz CT molecular complexity index is 523. The second kappa shape index (κ2) is 6.02. The van der Waals surface area contributed by atoms with Crippen LogP contribution in [-0.4, -0.2) is 28.1 Å². The summed E-state index contributed by atoms with van der Waals surface area (Å²) in [6.07, 6.45) is 4.32. The molecule has 0 spiro atoms. The molecule has 5 heteroatoms. The predicted molar refractivity (Wildman–Crippen MR) is 83.8 cm³/mol. The first-order valence-electron chi connectivity index (χ1n) is 7.55. The molecule has 0 saturated heterocycles. The Kier molecular flexibility index (Phi) is 4.52. The maximum atomic E-state index is 11.3. The summed E-state index contributed by atoms with van der Waals surface area (Å²) in [5.41, 5.74) is 6.98. The zero-order valence-electron chi connectivity index (χ0n) is 13.0. The molecule has 116 valence electrons. The number of anilines is 1. The summed E-state index contributed by atoms with van der Waals surface area (Å²) < 4.78 is 0. The Hall–Kier alpha value is -1.62. The first kappa shape index (κ1) is 15.8. The average Bonchev–Trinajstić information content (AvgIpc) is 2.40. The second-order valence-corrected chi connectivity index (χ2v) is 6.88. The van der Waals surface area contributed by atoms with Crippen LogP contribution in [0.3, 0.4) is 0 Å². The van der Waals surface area contributed by atoms with Crippen LogP contribution >= 0.6 is 0 Å². The number of rotatable bonds is 3.